The van der Waals surface area contributed by atoms with Crippen molar-refractivity contribution >= 4 is 5.91 Å². The van der Waals surface area contributed by atoms with Crippen LogP contribution in [0.25, 0.3) is 0 Å². The highest BCUT2D eigenvalue weighted by Crippen LogP contribution is 2.19. The van der Waals surface area contributed by atoms with E-state index in [0.717, 1.165) is 0 Å². The van der Waals surface area contributed by atoms with E-state index < -0.39 is 11.5 Å². The number of aryl methyl sites for hydroxylation is 1. The van der Waals surface area contributed by atoms with Gasteiger partial charge < -0.3 is 10.8 Å². The van der Waals surface area contributed by atoms with Crippen molar-refractivity contribution in [1.82, 2.24) is 9.97 Å². The van der Waals surface area contributed by atoms with Crippen LogP contribution >= 0.6 is 0 Å². The summed E-state index contributed by atoms with van der Waals surface area (Å²) in [6.07, 6.45) is 2.88. The van der Waals surface area contributed by atoms with Gasteiger partial charge in [-0.05, 0) is 13.8 Å². The van der Waals surface area contributed by atoms with E-state index in [9.17, 15) is 9.90 Å². The number of carbonyl (C=O) groups is 1. The largest absolute Gasteiger partial charge is 0.374 e. The van der Waals surface area contributed by atoms with Crippen molar-refractivity contribution < 1.29 is 9.90 Å². The first-order valence-electron chi connectivity index (χ1n) is 3.76. The van der Waals surface area contributed by atoms with Crippen LogP contribution in [0.3, 0.4) is 0 Å². The third-order valence-electron chi connectivity index (χ3n) is 1.82. The Labute approximate surface area is 75.6 Å². The zero-order valence-electron chi connectivity index (χ0n) is 7.48. The molecule has 0 saturated heterocycles. The molecule has 5 heteroatoms. The van der Waals surface area contributed by atoms with Crippen LogP contribution in [-0.2, 0) is 10.4 Å². The molecule has 0 saturated carbocycles. The average molecular weight is 181 g/mol. The Morgan fingerprint density at radius 2 is 2.08 bits per heavy atom. The topological polar surface area (TPSA) is 89.1 Å². The van der Waals surface area contributed by atoms with Crippen molar-refractivity contribution in [3.05, 3.63) is 23.8 Å². The summed E-state index contributed by atoms with van der Waals surface area (Å²) in [5.41, 5.74) is 3.95. The van der Waals surface area contributed by atoms with Crippen molar-refractivity contribution in [3.8, 4) is 0 Å². The molecular weight excluding hydrogens is 170 g/mol. The third kappa shape index (κ3) is 1.65. The van der Waals surface area contributed by atoms with Gasteiger partial charge in [-0.3, -0.25) is 14.8 Å². The van der Waals surface area contributed by atoms with Gasteiger partial charge in [0.05, 0.1) is 5.69 Å². The lowest BCUT2D eigenvalue weighted by atomic mass is 10.00. The smallest absolute Gasteiger partial charge is 0.255 e. The molecule has 0 radical (unpaired) electrons. The van der Waals surface area contributed by atoms with Gasteiger partial charge >= 0.3 is 0 Å². The number of carbonyl (C=O) groups excluding carboxylic acids is 1. The summed E-state index contributed by atoms with van der Waals surface area (Å²) >= 11 is 0. The molecule has 0 spiro atoms. The maximum absolute atomic E-state index is 10.9. The summed E-state index contributed by atoms with van der Waals surface area (Å²) in [5, 5.41) is 9.67. The number of amides is 1. The SMILES string of the molecule is Cc1nccnc1C(C)(O)C(N)=O. The minimum absolute atomic E-state index is 0.197. The van der Waals surface area contributed by atoms with Crippen molar-refractivity contribution in [3.63, 3.8) is 0 Å². The Morgan fingerprint density at radius 1 is 1.54 bits per heavy atom. The number of hydrogen-bond donors (Lipinski definition) is 2. The predicted octanol–water partition coefficient (Wildman–Crippen LogP) is -0.522. The number of nitrogens with zero attached hydrogens (tertiary/aromatic N) is 2. The van der Waals surface area contributed by atoms with Crippen molar-refractivity contribution in [2.45, 2.75) is 19.4 Å². The summed E-state index contributed by atoms with van der Waals surface area (Å²) in [4.78, 5) is 18.6. The van der Waals surface area contributed by atoms with E-state index in [1.54, 1.807) is 6.92 Å². The first kappa shape index (κ1) is 9.60. The number of primary amides is 1. The molecule has 1 amide bonds. The van der Waals surface area contributed by atoms with E-state index in [2.05, 4.69) is 9.97 Å². The maximum atomic E-state index is 10.9. The number of rotatable bonds is 2. The van der Waals surface area contributed by atoms with Gasteiger partial charge in [0.1, 0.15) is 5.69 Å². The first-order valence-corrected chi connectivity index (χ1v) is 3.76. The van der Waals surface area contributed by atoms with E-state index in [1.807, 2.05) is 0 Å². The Balaban J connectivity index is 3.22. The highest BCUT2D eigenvalue weighted by molar-refractivity contribution is 5.83. The van der Waals surface area contributed by atoms with Crippen molar-refractivity contribution in [2.24, 2.45) is 5.73 Å². The van der Waals surface area contributed by atoms with E-state index in [-0.39, 0.29) is 5.69 Å². The fourth-order valence-electron chi connectivity index (χ4n) is 1.00. The standard InChI is InChI=1S/C8H11N3O2/c1-5-6(11-4-3-10-5)8(2,13)7(9)12/h3-4,13H,1-2H3,(H2,9,12). The number of hydrogen-bond acceptors (Lipinski definition) is 4. The predicted molar refractivity (Wildman–Crippen MR) is 45.5 cm³/mol. The van der Waals surface area contributed by atoms with E-state index >= 15 is 0 Å². The summed E-state index contributed by atoms with van der Waals surface area (Å²) in [6, 6.07) is 0. The van der Waals surface area contributed by atoms with Gasteiger partial charge in [-0.2, -0.15) is 0 Å². The Bertz CT molecular complexity index is 336. The summed E-state index contributed by atoms with van der Waals surface area (Å²) in [7, 11) is 0. The second-order valence-corrected chi connectivity index (χ2v) is 2.93. The molecule has 1 atom stereocenters. The summed E-state index contributed by atoms with van der Waals surface area (Å²) in [6.45, 7) is 2.95. The molecule has 70 valence electrons. The lowest BCUT2D eigenvalue weighted by molar-refractivity contribution is -0.135. The molecule has 0 bridgehead atoms. The van der Waals surface area contributed by atoms with Crippen molar-refractivity contribution in [1.29, 1.82) is 0 Å². The normalized spacial score (nSPS) is 15.0. The second kappa shape index (κ2) is 3.10. The van der Waals surface area contributed by atoms with Gasteiger partial charge in [-0.25, -0.2) is 0 Å². The minimum Gasteiger partial charge on any atom is -0.374 e. The maximum Gasteiger partial charge on any atom is 0.255 e. The van der Waals surface area contributed by atoms with Crippen LogP contribution in [0.15, 0.2) is 12.4 Å². The van der Waals surface area contributed by atoms with Crippen LogP contribution in [0, 0.1) is 6.92 Å². The van der Waals surface area contributed by atoms with Gasteiger partial charge in [-0.1, -0.05) is 0 Å². The molecule has 5 nitrogen and oxygen atoms in total. The van der Waals surface area contributed by atoms with Crippen LogP contribution in [0.1, 0.15) is 18.3 Å². The molecule has 1 unspecified atom stereocenters. The molecule has 0 aromatic carbocycles. The molecule has 0 aliphatic carbocycles. The quantitative estimate of drug-likeness (QED) is 0.642. The van der Waals surface area contributed by atoms with Gasteiger partial charge in [0.2, 0.25) is 0 Å². The van der Waals surface area contributed by atoms with Crippen LogP contribution in [0.4, 0.5) is 0 Å². The van der Waals surface area contributed by atoms with E-state index in [0.29, 0.717) is 5.69 Å². The Hall–Kier alpha value is -1.49. The lowest BCUT2D eigenvalue weighted by Crippen LogP contribution is -2.39. The number of nitrogens with two attached hydrogens (primary N) is 1. The highest BCUT2D eigenvalue weighted by Gasteiger charge is 2.33. The molecule has 13 heavy (non-hydrogen) atoms. The highest BCUT2D eigenvalue weighted by atomic mass is 16.3. The van der Waals surface area contributed by atoms with Crippen LogP contribution in [-0.4, -0.2) is 21.0 Å². The lowest BCUT2D eigenvalue weighted by Gasteiger charge is -2.19. The first-order chi connectivity index (χ1) is 5.96. The van der Waals surface area contributed by atoms with Gasteiger partial charge in [0.25, 0.3) is 5.91 Å². The molecule has 1 aromatic rings. The molecule has 3 N–H and O–H groups in total. The van der Waals surface area contributed by atoms with Gasteiger partial charge in [0, 0.05) is 12.4 Å². The monoisotopic (exact) mass is 181 g/mol. The summed E-state index contributed by atoms with van der Waals surface area (Å²) in [5.74, 6) is -0.837. The Kier molecular flexibility index (Phi) is 2.29. The molecule has 0 fully saturated rings. The zero-order valence-corrected chi connectivity index (χ0v) is 7.48. The zero-order chi connectivity index (χ0) is 10.1. The molecule has 0 aliphatic rings. The number of aromatic nitrogens is 2. The second-order valence-electron chi connectivity index (χ2n) is 2.93. The third-order valence-corrected chi connectivity index (χ3v) is 1.82. The van der Waals surface area contributed by atoms with Crippen LogP contribution in [0.5, 0.6) is 0 Å². The molecule has 1 heterocycles. The Morgan fingerprint density at radius 3 is 2.54 bits per heavy atom. The molecule has 1 rings (SSSR count). The van der Waals surface area contributed by atoms with E-state index in [1.165, 1.54) is 19.3 Å². The van der Waals surface area contributed by atoms with Crippen LogP contribution < -0.4 is 5.73 Å². The van der Waals surface area contributed by atoms with Crippen LogP contribution in [0.2, 0.25) is 0 Å². The van der Waals surface area contributed by atoms with Crippen molar-refractivity contribution in [2.75, 3.05) is 0 Å². The van der Waals surface area contributed by atoms with E-state index in [4.69, 9.17) is 5.73 Å². The number of aliphatic hydroxyl groups is 1. The molecule has 1 aromatic heterocycles. The molecule has 0 aliphatic heterocycles. The molecular formula is C8H11N3O2. The van der Waals surface area contributed by atoms with Gasteiger partial charge in [-0.15, -0.1) is 0 Å². The fraction of sp³-hybridized carbons (Fsp3) is 0.375. The average Bonchev–Trinajstić information content (AvgIpc) is 2.04. The minimum atomic E-state index is -1.75. The fourth-order valence-corrected chi connectivity index (χ4v) is 1.00. The summed E-state index contributed by atoms with van der Waals surface area (Å²) < 4.78 is 0. The van der Waals surface area contributed by atoms with Gasteiger partial charge in [0.15, 0.2) is 5.60 Å².